The van der Waals surface area contributed by atoms with Crippen LogP contribution in [0, 0.1) is 11.8 Å². The fourth-order valence-corrected chi connectivity index (χ4v) is 7.77. The average molecular weight is 443 g/mol. The maximum absolute atomic E-state index is 13.1. The third-order valence-electron chi connectivity index (χ3n) is 6.81. The van der Waals surface area contributed by atoms with Gasteiger partial charge in [-0.2, -0.15) is 4.31 Å². The molecule has 0 N–H and O–H groups in total. The lowest BCUT2D eigenvalue weighted by Gasteiger charge is -2.51. The predicted molar refractivity (Wildman–Crippen MR) is 114 cm³/mol. The number of fused-ring (bicyclic) bond motifs is 5. The topological polar surface area (TPSA) is 59.1 Å². The quantitative estimate of drug-likeness (QED) is 0.719. The number of halogens is 1. The first-order chi connectivity index (χ1) is 13.4. The van der Waals surface area contributed by atoms with Crippen molar-refractivity contribution in [2.75, 3.05) is 32.2 Å². The third-order valence-corrected chi connectivity index (χ3v) is 9.06. The van der Waals surface area contributed by atoms with Gasteiger partial charge in [0.2, 0.25) is 16.8 Å². The SMILES string of the molecule is CC(C)CS(=O)(=O)N1CCC[C@@H]2CN3CCc4cc5c(cc4[C@@H]3C[C@@H]21)OCO5.Cl. The molecule has 8 heteroatoms. The van der Waals surface area contributed by atoms with Gasteiger partial charge >= 0.3 is 0 Å². The highest BCUT2D eigenvalue weighted by Gasteiger charge is 2.46. The molecule has 0 amide bonds. The molecule has 0 aromatic heterocycles. The Labute approximate surface area is 180 Å². The Hall–Kier alpha value is -1.02. The van der Waals surface area contributed by atoms with Gasteiger partial charge in [0, 0.05) is 31.7 Å². The van der Waals surface area contributed by atoms with Crippen LogP contribution in [-0.2, 0) is 16.4 Å². The molecule has 2 fully saturated rings. The Balaban J connectivity index is 0.00000205. The fraction of sp³-hybridized carbons (Fsp3) is 0.714. The van der Waals surface area contributed by atoms with Crippen LogP contribution in [0.2, 0.25) is 0 Å². The molecule has 1 aromatic carbocycles. The number of hydrogen-bond donors (Lipinski definition) is 0. The van der Waals surface area contributed by atoms with E-state index in [1.807, 2.05) is 18.2 Å². The summed E-state index contributed by atoms with van der Waals surface area (Å²) in [5, 5.41) is 0. The molecule has 3 atom stereocenters. The molecule has 0 bridgehead atoms. The molecule has 0 spiro atoms. The highest BCUT2D eigenvalue weighted by Crippen LogP contribution is 2.46. The van der Waals surface area contributed by atoms with Gasteiger partial charge in [-0.15, -0.1) is 12.4 Å². The second-order valence-corrected chi connectivity index (χ2v) is 11.1. The Kier molecular flexibility index (Phi) is 5.79. The van der Waals surface area contributed by atoms with Crippen molar-refractivity contribution in [2.24, 2.45) is 11.8 Å². The van der Waals surface area contributed by atoms with Gasteiger partial charge in [0.25, 0.3) is 0 Å². The van der Waals surface area contributed by atoms with Gasteiger partial charge in [0.1, 0.15) is 0 Å². The normalized spacial score (nSPS) is 29.0. The summed E-state index contributed by atoms with van der Waals surface area (Å²) >= 11 is 0. The molecule has 0 unspecified atom stereocenters. The van der Waals surface area contributed by atoms with Crippen molar-refractivity contribution in [1.82, 2.24) is 9.21 Å². The van der Waals surface area contributed by atoms with Crippen molar-refractivity contribution >= 4 is 22.4 Å². The van der Waals surface area contributed by atoms with E-state index >= 15 is 0 Å². The van der Waals surface area contributed by atoms with E-state index < -0.39 is 10.0 Å². The molecular formula is C21H31ClN2O4S. The molecule has 4 aliphatic heterocycles. The predicted octanol–water partition coefficient (Wildman–Crippen LogP) is 3.21. The van der Waals surface area contributed by atoms with Gasteiger partial charge in [-0.3, -0.25) is 4.90 Å². The highest BCUT2D eigenvalue weighted by atomic mass is 35.5. The Morgan fingerprint density at radius 2 is 1.93 bits per heavy atom. The van der Waals surface area contributed by atoms with Crippen molar-refractivity contribution in [1.29, 1.82) is 0 Å². The summed E-state index contributed by atoms with van der Waals surface area (Å²) in [4.78, 5) is 2.57. The van der Waals surface area contributed by atoms with Crippen LogP contribution in [0.1, 0.15) is 50.3 Å². The Morgan fingerprint density at radius 1 is 1.17 bits per heavy atom. The zero-order valence-corrected chi connectivity index (χ0v) is 18.8. The number of ether oxygens (including phenoxy) is 2. The fourth-order valence-electron chi connectivity index (χ4n) is 5.66. The zero-order valence-electron chi connectivity index (χ0n) is 17.2. The van der Waals surface area contributed by atoms with Crippen molar-refractivity contribution < 1.29 is 17.9 Å². The summed E-state index contributed by atoms with van der Waals surface area (Å²) in [6, 6.07) is 4.67. The van der Waals surface area contributed by atoms with Crippen molar-refractivity contribution in [3.63, 3.8) is 0 Å². The summed E-state index contributed by atoms with van der Waals surface area (Å²) in [7, 11) is -3.21. The summed E-state index contributed by atoms with van der Waals surface area (Å²) in [6.07, 6.45) is 4.02. The van der Waals surface area contributed by atoms with Gasteiger partial charge in [-0.1, -0.05) is 13.8 Å². The largest absolute Gasteiger partial charge is 0.454 e. The maximum atomic E-state index is 13.1. The van der Waals surface area contributed by atoms with Crippen LogP contribution >= 0.6 is 12.4 Å². The van der Waals surface area contributed by atoms with Crippen LogP contribution in [0.3, 0.4) is 0 Å². The number of rotatable bonds is 3. The first kappa shape index (κ1) is 21.2. The maximum Gasteiger partial charge on any atom is 0.231 e. The van der Waals surface area contributed by atoms with E-state index in [-0.39, 0.29) is 36.2 Å². The summed E-state index contributed by atoms with van der Waals surface area (Å²) < 4.78 is 39.2. The molecule has 1 aromatic rings. The molecule has 0 radical (unpaired) electrons. The second kappa shape index (κ2) is 7.91. The van der Waals surface area contributed by atoms with Crippen molar-refractivity contribution in [2.45, 2.75) is 51.6 Å². The molecule has 6 nitrogen and oxygen atoms in total. The standard InChI is InChI=1S/C21H30N2O4S.ClH/c1-14(2)12-28(24,25)23-6-3-4-16-11-22-7-5-15-8-20-21(27-13-26-20)9-17(15)19(22)10-18(16)23;/h8-9,14,16,18-19H,3-7,10-13H2,1-2H3;1H/t16-,18+,19+;/m1./s1. The summed E-state index contributed by atoms with van der Waals surface area (Å²) in [6.45, 7) is 6.98. The van der Waals surface area contributed by atoms with Crippen LogP contribution in [0.25, 0.3) is 0 Å². The van der Waals surface area contributed by atoms with Crippen LogP contribution < -0.4 is 9.47 Å². The number of hydrogen-bond acceptors (Lipinski definition) is 5. The Bertz CT molecular complexity index is 876. The Morgan fingerprint density at radius 3 is 2.69 bits per heavy atom. The van der Waals surface area contributed by atoms with E-state index in [1.165, 1.54) is 11.1 Å². The van der Waals surface area contributed by atoms with E-state index in [4.69, 9.17) is 9.47 Å². The molecule has 29 heavy (non-hydrogen) atoms. The molecule has 4 heterocycles. The highest BCUT2D eigenvalue weighted by molar-refractivity contribution is 7.89. The minimum atomic E-state index is -3.21. The van der Waals surface area contributed by atoms with Crippen LogP contribution in [0.4, 0.5) is 0 Å². The minimum Gasteiger partial charge on any atom is -0.454 e. The van der Waals surface area contributed by atoms with Crippen molar-refractivity contribution in [3.8, 4) is 11.5 Å². The lowest BCUT2D eigenvalue weighted by atomic mass is 9.77. The number of nitrogens with zero attached hydrogens (tertiary/aromatic N) is 2. The van der Waals surface area contributed by atoms with Crippen LogP contribution in [0.5, 0.6) is 11.5 Å². The van der Waals surface area contributed by atoms with Crippen LogP contribution in [-0.4, -0.2) is 55.8 Å². The van der Waals surface area contributed by atoms with E-state index in [9.17, 15) is 8.42 Å². The molecule has 0 saturated carbocycles. The van der Waals surface area contributed by atoms with E-state index in [2.05, 4.69) is 17.0 Å². The van der Waals surface area contributed by atoms with Gasteiger partial charge in [-0.05, 0) is 60.8 Å². The monoisotopic (exact) mass is 442 g/mol. The average Bonchev–Trinajstić information content (AvgIpc) is 3.10. The van der Waals surface area contributed by atoms with Gasteiger partial charge in [-0.25, -0.2) is 8.42 Å². The summed E-state index contributed by atoms with van der Waals surface area (Å²) in [5.74, 6) is 2.53. The molecular weight excluding hydrogens is 412 g/mol. The minimum absolute atomic E-state index is 0. The molecule has 162 valence electrons. The van der Waals surface area contributed by atoms with Crippen molar-refractivity contribution in [3.05, 3.63) is 23.3 Å². The lowest BCUT2D eigenvalue weighted by Crippen LogP contribution is -2.57. The number of piperidine rings is 2. The second-order valence-electron chi connectivity index (χ2n) is 9.15. The third kappa shape index (κ3) is 3.75. The van der Waals surface area contributed by atoms with Gasteiger partial charge < -0.3 is 9.47 Å². The zero-order chi connectivity index (χ0) is 19.5. The number of sulfonamides is 1. The molecule has 5 rings (SSSR count). The van der Waals surface area contributed by atoms with E-state index in [0.29, 0.717) is 19.3 Å². The van der Waals surface area contributed by atoms with E-state index in [0.717, 1.165) is 50.3 Å². The molecule has 4 aliphatic rings. The molecule has 2 saturated heterocycles. The first-order valence-corrected chi connectivity index (χ1v) is 12.2. The summed E-state index contributed by atoms with van der Waals surface area (Å²) in [5.41, 5.74) is 2.64. The van der Waals surface area contributed by atoms with E-state index in [1.54, 1.807) is 0 Å². The first-order valence-electron chi connectivity index (χ1n) is 10.6. The molecule has 0 aliphatic carbocycles. The smallest absolute Gasteiger partial charge is 0.231 e. The van der Waals surface area contributed by atoms with Gasteiger partial charge in [0.05, 0.1) is 5.75 Å². The van der Waals surface area contributed by atoms with Gasteiger partial charge in [0.15, 0.2) is 11.5 Å². The van der Waals surface area contributed by atoms with Crippen LogP contribution in [0.15, 0.2) is 12.1 Å². The number of benzene rings is 1. The lowest BCUT2D eigenvalue weighted by molar-refractivity contribution is 0.0218.